The molecule has 0 aromatic heterocycles. The van der Waals surface area contributed by atoms with Crippen molar-refractivity contribution in [2.45, 2.75) is 26.4 Å². The summed E-state index contributed by atoms with van der Waals surface area (Å²) >= 11 is 0. The van der Waals surface area contributed by atoms with E-state index in [-0.39, 0.29) is 18.0 Å². The monoisotopic (exact) mass is 360 g/mol. The van der Waals surface area contributed by atoms with Gasteiger partial charge in [-0.3, -0.25) is 19.5 Å². The van der Waals surface area contributed by atoms with Crippen LogP contribution in [0.4, 0.5) is 4.79 Å². The first kappa shape index (κ1) is 18.7. The number of aryl methyl sites for hydroxylation is 1. The Morgan fingerprint density at radius 3 is 2.58 bits per heavy atom. The average molecular weight is 360 g/mol. The largest absolute Gasteiger partial charge is 0.496 e. The molecule has 0 bridgehead atoms. The summed E-state index contributed by atoms with van der Waals surface area (Å²) in [5.74, 6) is 0.815. The SMILES string of the molecule is COc1ccc(C)cc1CN1CCN([C@@H](C)C(=O)N2CCNC2=O)CC1. The highest BCUT2D eigenvalue weighted by Crippen LogP contribution is 2.22. The Bertz CT molecular complexity index is 671. The van der Waals surface area contributed by atoms with Gasteiger partial charge in [-0.2, -0.15) is 0 Å². The number of nitrogens with zero attached hydrogens (tertiary/aromatic N) is 3. The van der Waals surface area contributed by atoms with E-state index in [0.29, 0.717) is 13.1 Å². The molecule has 2 fully saturated rings. The molecule has 1 aromatic carbocycles. The van der Waals surface area contributed by atoms with E-state index in [1.54, 1.807) is 7.11 Å². The van der Waals surface area contributed by atoms with E-state index in [1.807, 2.05) is 13.0 Å². The minimum atomic E-state index is -0.271. The van der Waals surface area contributed by atoms with Crippen molar-refractivity contribution in [2.24, 2.45) is 0 Å². The van der Waals surface area contributed by atoms with Gasteiger partial charge < -0.3 is 10.1 Å². The molecular formula is C19H28N4O3. The van der Waals surface area contributed by atoms with Crippen LogP contribution >= 0.6 is 0 Å². The number of amides is 3. The number of benzene rings is 1. The molecule has 1 atom stereocenters. The molecule has 0 radical (unpaired) electrons. The van der Waals surface area contributed by atoms with Crippen molar-refractivity contribution in [1.82, 2.24) is 20.0 Å². The summed E-state index contributed by atoms with van der Waals surface area (Å²) in [6, 6.07) is 5.70. The maximum Gasteiger partial charge on any atom is 0.324 e. The van der Waals surface area contributed by atoms with Crippen LogP contribution in [0, 0.1) is 6.92 Å². The highest BCUT2D eigenvalue weighted by molar-refractivity contribution is 5.98. The summed E-state index contributed by atoms with van der Waals surface area (Å²) in [7, 11) is 1.70. The third-order valence-electron chi connectivity index (χ3n) is 5.26. The second-order valence-electron chi connectivity index (χ2n) is 7.03. The van der Waals surface area contributed by atoms with Gasteiger partial charge in [-0.1, -0.05) is 17.7 Å². The van der Waals surface area contributed by atoms with E-state index < -0.39 is 0 Å². The first-order valence-electron chi connectivity index (χ1n) is 9.18. The molecule has 0 spiro atoms. The van der Waals surface area contributed by atoms with E-state index in [1.165, 1.54) is 16.0 Å². The zero-order valence-corrected chi connectivity index (χ0v) is 15.8. The molecule has 2 saturated heterocycles. The lowest BCUT2D eigenvalue weighted by molar-refractivity contribution is -0.133. The van der Waals surface area contributed by atoms with Crippen molar-refractivity contribution in [2.75, 3.05) is 46.4 Å². The third kappa shape index (κ3) is 3.99. The first-order valence-corrected chi connectivity index (χ1v) is 9.18. The van der Waals surface area contributed by atoms with Gasteiger partial charge in [0.2, 0.25) is 5.91 Å². The molecule has 2 aliphatic heterocycles. The van der Waals surface area contributed by atoms with Crippen LogP contribution in [0.25, 0.3) is 0 Å². The normalized spacial score (nSPS) is 20.1. The number of urea groups is 1. The lowest BCUT2D eigenvalue weighted by atomic mass is 10.1. The number of carbonyl (C=O) groups is 2. The maximum absolute atomic E-state index is 12.5. The zero-order chi connectivity index (χ0) is 18.7. The molecule has 2 heterocycles. The van der Waals surface area contributed by atoms with Crippen LogP contribution in [0.5, 0.6) is 5.75 Å². The maximum atomic E-state index is 12.5. The standard InChI is InChI=1S/C19H28N4O3/c1-14-4-5-17(26-3)16(12-14)13-21-8-10-22(11-9-21)15(2)18(24)23-7-6-20-19(23)25/h4-5,12,15H,6-11,13H2,1-3H3,(H,20,25)/t15-/m0/s1. The molecular weight excluding hydrogens is 332 g/mol. The van der Waals surface area contributed by atoms with Crippen molar-refractivity contribution < 1.29 is 14.3 Å². The van der Waals surface area contributed by atoms with E-state index in [4.69, 9.17) is 4.74 Å². The highest BCUT2D eigenvalue weighted by Gasteiger charge is 2.33. The number of carbonyl (C=O) groups excluding carboxylic acids is 2. The molecule has 142 valence electrons. The Labute approximate surface area is 154 Å². The van der Waals surface area contributed by atoms with E-state index >= 15 is 0 Å². The summed E-state index contributed by atoms with van der Waals surface area (Å²) < 4.78 is 5.47. The minimum Gasteiger partial charge on any atom is -0.496 e. The molecule has 0 saturated carbocycles. The van der Waals surface area contributed by atoms with E-state index in [2.05, 4.69) is 34.2 Å². The summed E-state index contributed by atoms with van der Waals surface area (Å²) in [6.07, 6.45) is 0. The lowest BCUT2D eigenvalue weighted by Gasteiger charge is -2.38. The van der Waals surface area contributed by atoms with E-state index in [9.17, 15) is 9.59 Å². The Balaban J connectivity index is 1.55. The number of piperazine rings is 1. The Morgan fingerprint density at radius 2 is 1.96 bits per heavy atom. The van der Waals surface area contributed by atoms with Crippen LogP contribution in [0.15, 0.2) is 18.2 Å². The molecule has 1 N–H and O–H groups in total. The van der Waals surface area contributed by atoms with Crippen molar-refractivity contribution in [3.05, 3.63) is 29.3 Å². The Morgan fingerprint density at radius 1 is 1.23 bits per heavy atom. The number of nitrogens with one attached hydrogen (secondary N) is 1. The van der Waals surface area contributed by atoms with Crippen molar-refractivity contribution >= 4 is 11.9 Å². The van der Waals surface area contributed by atoms with Gasteiger partial charge in [0.15, 0.2) is 0 Å². The van der Waals surface area contributed by atoms with Crippen molar-refractivity contribution in [3.63, 3.8) is 0 Å². The second-order valence-corrected chi connectivity index (χ2v) is 7.03. The number of ether oxygens (including phenoxy) is 1. The van der Waals surface area contributed by atoms with Gasteiger partial charge in [0, 0.05) is 51.4 Å². The quantitative estimate of drug-likeness (QED) is 0.851. The molecule has 7 nitrogen and oxygen atoms in total. The van der Waals surface area contributed by atoms with Crippen molar-refractivity contribution in [1.29, 1.82) is 0 Å². The molecule has 0 unspecified atom stereocenters. The zero-order valence-electron chi connectivity index (χ0n) is 15.8. The molecule has 3 rings (SSSR count). The third-order valence-corrected chi connectivity index (χ3v) is 5.26. The number of hydrogen-bond acceptors (Lipinski definition) is 5. The fraction of sp³-hybridized carbons (Fsp3) is 0.579. The van der Waals surface area contributed by atoms with Gasteiger partial charge in [-0.05, 0) is 19.9 Å². The summed E-state index contributed by atoms with van der Waals surface area (Å²) in [4.78, 5) is 30.1. The summed E-state index contributed by atoms with van der Waals surface area (Å²) in [5, 5.41) is 2.69. The molecule has 3 amide bonds. The van der Waals surface area contributed by atoms with Gasteiger partial charge >= 0.3 is 6.03 Å². The van der Waals surface area contributed by atoms with Crippen LogP contribution in [-0.2, 0) is 11.3 Å². The Kier molecular flexibility index (Phi) is 5.78. The van der Waals surface area contributed by atoms with Crippen molar-refractivity contribution in [3.8, 4) is 5.75 Å². The lowest BCUT2D eigenvalue weighted by Crippen LogP contribution is -2.54. The van der Waals surface area contributed by atoms with Crippen LogP contribution < -0.4 is 10.1 Å². The van der Waals surface area contributed by atoms with Crippen LogP contribution in [-0.4, -0.2) is 79.1 Å². The predicted octanol–water partition coefficient (Wildman–Crippen LogP) is 1.06. The van der Waals surface area contributed by atoms with Gasteiger partial charge in [0.05, 0.1) is 13.2 Å². The summed E-state index contributed by atoms with van der Waals surface area (Å²) in [5.41, 5.74) is 2.42. The average Bonchev–Trinajstić information content (AvgIpc) is 3.07. The number of imide groups is 1. The minimum absolute atomic E-state index is 0.103. The van der Waals surface area contributed by atoms with Gasteiger partial charge in [0.25, 0.3) is 0 Å². The molecule has 26 heavy (non-hydrogen) atoms. The number of hydrogen-bond donors (Lipinski definition) is 1. The van der Waals surface area contributed by atoms with Crippen LogP contribution in [0.2, 0.25) is 0 Å². The second kappa shape index (κ2) is 8.05. The fourth-order valence-electron chi connectivity index (χ4n) is 3.64. The molecule has 2 aliphatic rings. The Hall–Kier alpha value is -2.12. The fourth-order valence-corrected chi connectivity index (χ4v) is 3.64. The highest BCUT2D eigenvalue weighted by atomic mass is 16.5. The van der Waals surface area contributed by atoms with Crippen LogP contribution in [0.1, 0.15) is 18.1 Å². The number of methoxy groups -OCH3 is 1. The van der Waals surface area contributed by atoms with Crippen LogP contribution in [0.3, 0.4) is 0 Å². The smallest absolute Gasteiger partial charge is 0.324 e. The molecule has 7 heteroatoms. The van der Waals surface area contributed by atoms with E-state index in [0.717, 1.165) is 38.5 Å². The summed E-state index contributed by atoms with van der Waals surface area (Å²) in [6.45, 7) is 9.25. The molecule has 0 aliphatic carbocycles. The predicted molar refractivity (Wildman–Crippen MR) is 99.2 cm³/mol. The first-order chi connectivity index (χ1) is 12.5. The number of rotatable bonds is 5. The van der Waals surface area contributed by atoms with Gasteiger partial charge in [-0.15, -0.1) is 0 Å². The van der Waals surface area contributed by atoms with Gasteiger partial charge in [-0.25, -0.2) is 4.79 Å². The topological polar surface area (TPSA) is 65.1 Å². The van der Waals surface area contributed by atoms with Gasteiger partial charge in [0.1, 0.15) is 5.75 Å². The molecule has 1 aromatic rings.